The van der Waals surface area contributed by atoms with Crippen LogP contribution in [0.4, 0.5) is 0 Å². The molecule has 0 saturated carbocycles. The van der Waals surface area contributed by atoms with Crippen molar-refractivity contribution >= 4 is 54.9 Å². The first-order valence-corrected chi connectivity index (χ1v) is 11.9. The Morgan fingerprint density at radius 1 is 0.583 bits per heavy atom. The van der Waals surface area contributed by atoms with Crippen LogP contribution in [0.15, 0.2) is 58.3 Å². The summed E-state index contributed by atoms with van der Waals surface area (Å²) in [5.41, 5.74) is -2.16. The lowest BCUT2D eigenvalue weighted by molar-refractivity contribution is 0.0648. The summed E-state index contributed by atoms with van der Waals surface area (Å²) in [6, 6.07) is 8.23. The van der Waals surface area contributed by atoms with E-state index in [1.165, 1.54) is 12.1 Å². The molecule has 0 aliphatic heterocycles. The molecule has 0 saturated heterocycles. The van der Waals surface area contributed by atoms with Crippen LogP contribution in [0, 0.1) is 0 Å². The number of benzene rings is 3. The second-order valence-electron chi connectivity index (χ2n) is 6.76. The number of fused-ring (bicyclic) bond motifs is 1. The van der Waals surface area contributed by atoms with Gasteiger partial charge in [-0.1, -0.05) is 12.1 Å². The summed E-state index contributed by atoms with van der Waals surface area (Å²) in [6.07, 6.45) is 0. The van der Waals surface area contributed by atoms with E-state index in [4.69, 9.17) is 29.5 Å². The quantitative estimate of drug-likeness (QED) is 0.243. The molecule has 14 nitrogen and oxygen atoms in total. The van der Waals surface area contributed by atoms with Gasteiger partial charge < -0.3 is 20.4 Å². The van der Waals surface area contributed by atoms with E-state index in [1.54, 1.807) is 0 Å². The van der Waals surface area contributed by atoms with E-state index in [1.807, 2.05) is 0 Å². The fourth-order valence-electron chi connectivity index (χ4n) is 2.95. The zero-order chi connectivity index (χ0) is 27.6. The van der Waals surface area contributed by atoms with E-state index in [2.05, 4.69) is 0 Å². The van der Waals surface area contributed by atoms with Gasteiger partial charge in [0.15, 0.2) is 0 Å². The van der Waals surface area contributed by atoms with E-state index in [-0.39, 0.29) is 21.9 Å². The molecule has 36 heavy (non-hydrogen) atoms. The van der Waals surface area contributed by atoms with Gasteiger partial charge in [0.2, 0.25) is 0 Å². The lowest BCUT2D eigenvalue weighted by atomic mass is 10.0. The number of hydrogen-bond acceptors (Lipinski definition) is 8. The summed E-state index contributed by atoms with van der Waals surface area (Å²) in [4.78, 5) is 41.7. The summed E-state index contributed by atoms with van der Waals surface area (Å²) in [5.74, 6) is -5.97. The molecule has 3 aromatic carbocycles. The Hall–Kier alpha value is -4.38. The standard InChI is InChI=1S/C12H8O7S.C8H6O7S/c13-11(14)6-1-2-9-7(3-6)4-8(12(15)16)5-10(9)20(17,18)19;9-7(10)4-2-1-3-5(16(13,14)15)6(4)8(11)12/h1-5H,(H,13,14)(H,15,16)(H,17,18,19);1-3H,(H,9,10)(H,11,12)(H,13,14,15). The van der Waals surface area contributed by atoms with Gasteiger partial charge in [0.05, 0.1) is 22.3 Å². The van der Waals surface area contributed by atoms with Crippen LogP contribution in [0.3, 0.4) is 0 Å². The molecule has 16 heteroatoms. The summed E-state index contributed by atoms with van der Waals surface area (Å²) in [5, 5.41) is 35.3. The van der Waals surface area contributed by atoms with Crippen molar-refractivity contribution in [3.8, 4) is 0 Å². The number of carboxylic acids is 4. The topological polar surface area (TPSA) is 258 Å². The van der Waals surface area contributed by atoms with E-state index in [9.17, 15) is 36.0 Å². The van der Waals surface area contributed by atoms with Crippen molar-refractivity contribution in [1.82, 2.24) is 0 Å². The lowest BCUT2D eigenvalue weighted by Gasteiger charge is -2.07. The van der Waals surface area contributed by atoms with Crippen LogP contribution in [-0.4, -0.2) is 70.2 Å². The SMILES string of the molecule is O=C(O)c1ccc2c(S(=O)(=O)O)cc(C(=O)O)cc2c1.O=C(O)c1cccc(S(=O)(=O)O)c1C(=O)O. The average molecular weight is 542 g/mol. The average Bonchev–Trinajstić information content (AvgIpc) is 2.76. The smallest absolute Gasteiger partial charge is 0.338 e. The molecule has 0 amide bonds. The molecule has 0 aliphatic rings. The van der Waals surface area contributed by atoms with Crippen LogP contribution in [0.1, 0.15) is 41.4 Å². The van der Waals surface area contributed by atoms with Crippen LogP contribution in [0.5, 0.6) is 0 Å². The van der Waals surface area contributed by atoms with Crippen LogP contribution < -0.4 is 0 Å². The predicted molar refractivity (Wildman–Crippen MR) is 118 cm³/mol. The van der Waals surface area contributed by atoms with Crippen LogP contribution in [-0.2, 0) is 20.2 Å². The van der Waals surface area contributed by atoms with Crippen LogP contribution in [0.25, 0.3) is 10.8 Å². The summed E-state index contributed by atoms with van der Waals surface area (Å²) < 4.78 is 62.1. The van der Waals surface area contributed by atoms with Gasteiger partial charge in [0.25, 0.3) is 20.2 Å². The number of rotatable bonds is 6. The molecule has 3 rings (SSSR count). The van der Waals surface area contributed by atoms with Crippen LogP contribution in [0.2, 0.25) is 0 Å². The molecule has 0 atom stereocenters. The predicted octanol–water partition coefficient (Wildman–Crippen LogP) is 1.81. The maximum atomic E-state index is 11.3. The molecule has 0 unspecified atom stereocenters. The largest absolute Gasteiger partial charge is 0.478 e. The molecule has 6 N–H and O–H groups in total. The fourth-order valence-corrected chi connectivity index (χ4v) is 4.40. The zero-order valence-corrected chi connectivity index (χ0v) is 19.0. The van der Waals surface area contributed by atoms with Crippen LogP contribution >= 0.6 is 0 Å². The van der Waals surface area contributed by atoms with E-state index in [0.29, 0.717) is 0 Å². The molecular weight excluding hydrogens is 528 g/mol. The van der Waals surface area contributed by atoms with Gasteiger partial charge >= 0.3 is 23.9 Å². The third kappa shape index (κ3) is 6.19. The number of carboxylic acid groups (broad SMARTS) is 4. The molecule has 0 heterocycles. The van der Waals surface area contributed by atoms with Gasteiger partial charge in [-0.05, 0) is 41.8 Å². The Kier molecular flexibility index (Phi) is 7.80. The molecule has 0 fully saturated rings. The second kappa shape index (κ2) is 10.1. The van der Waals surface area contributed by atoms with Gasteiger partial charge in [-0.3, -0.25) is 9.11 Å². The zero-order valence-electron chi connectivity index (χ0n) is 17.4. The Morgan fingerprint density at radius 2 is 1.11 bits per heavy atom. The van der Waals surface area contributed by atoms with E-state index in [0.717, 1.165) is 36.4 Å². The molecular formula is C20H14O14S2. The van der Waals surface area contributed by atoms with E-state index < -0.39 is 65.0 Å². The minimum atomic E-state index is -4.78. The van der Waals surface area contributed by atoms with Crippen molar-refractivity contribution in [1.29, 1.82) is 0 Å². The highest BCUT2D eigenvalue weighted by Crippen LogP contribution is 2.26. The summed E-state index contributed by atoms with van der Waals surface area (Å²) >= 11 is 0. The Balaban J connectivity index is 0.000000261. The van der Waals surface area contributed by atoms with Crippen molar-refractivity contribution in [2.24, 2.45) is 0 Å². The molecule has 0 spiro atoms. The lowest BCUT2D eigenvalue weighted by Crippen LogP contribution is -2.14. The first-order chi connectivity index (χ1) is 16.4. The normalized spacial score (nSPS) is 11.3. The number of carbonyl (C=O) groups is 4. The minimum Gasteiger partial charge on any atom is -0.478 e. The maximum absolute atomic E-state index is 11.3. The van der Waals surface area contributed by atoms with Crippen molar-refractivity contribution in [3.63, 3.8) is 0 Å². The third-order valence-electron chi connectivity index (χ3n) is 4.43. The fraction of sp³-hybridized carbons (Fsp3) is 0. The van der Waals surface area contributed by atoms with Gasteiger partial charge in [-0.2, -0.15) is 16.8 Å². The second-order valence-corrected chi connectivity index (χ2v) is 9.54. The highest BCUT2D eigenvalue weighted by atomic mass is 32.2. The van der Waals surface area contributed by atoms with Crippen molar-refractivity contribution in [3.05, 3.63) is 70.8 Å². The van der Waals surface area contributed by atoms with Crippen molar-refractivity contribution in [2.75, 3.05) is 0 Å². The Morgan fingerprint density at radius 3 is 1.56 bits per heavy atom. The molecule has 0 bridgehead atoms. The highest BCUT2D eigenvalue weighted by Gasteiger charge is 2.26. The third-order valence-corrected chi connectivity index (χ3v) is 6.22. The minimum absolute atomic E-state index is 0.0440. The summed E-state index contributed by atoms with van der Waals surface area (Å²) in [6.45, 7) is 0. The first kappa shape index (κ1) is 27.9. The molecule has 3 aromatic rings. The Labute approximate surface area is 201 Å². The van der Waals surface area contributed by atoms with Crippen molar-refractivity contribution in [2.45, 2.75) is 9.79 Å². The summed E-state index contributed by atoms with van der Waals surface area (Å²) in [7, 11) is -9.41. The van der Waals surface area contributed by atoms with Gasteiger partial charge in [-0.25, -0.2) is 19.2 Å². The number of hydrogen-bond donors (Lipinski definition) is 6. The molecule has 190 valence electrons. The monoisotopic (exact) mass is 542 g/mol. The Bertz CT molecular complexity index is 1630. The van der Waals surface area contributed by atoms with Crippen molar-refractivity contribution < 1.29 is 65.5 Å². The first-order valence-electron chi connectivity index (χ1n) is 9.04. The van der Waals surface area contributed by atoms with E-state index >= 15 is 0 Å². The molecule has 0 aromatic heterocycles. The maximum Gasteiger partial charge on any atom is 0.338 e. The highest BCUT2D eigenvalue weighted by molar-refractivity contribution is 7.86. The molecule has 0 radical (unpaired) electrons. The van der Waals surface area contributed by atoms with Gasteiger partial charge in [-0.15, -0.1) is 0 Å². The number of aromatic carboxylic acids is 4. The van der Waals surface area contributed by atoms with Gasteiger partial charge in [0.1, 0.15) is 9.79 Å². The van der Waals surface area contributed by atoms with Gasteiger partial charge in [0, 0.05) is 5.39 Å². The molecule has 0 aliphatic carbocycles.